The van der Waals surface area contributed by atoms with E-state index in [0.717, 1.165) is 49.5 Å². The van der Waals surface area contributed by atoms with Gasteiger partial charge in [0.1, 0.15) is 5.75 Å². The fourth-order valence-electron chi connectivity index (χ4n) is 3.75. The molecule has 0 unspecified atom stereocenters. The predicted octanol–water partition coefficient (Wildman–Crippen LogP) is 2.74. The third kappa shape index (κ3) is 3.74. The van der Waals surface area contributed by atoms with Crippen LogP contribution in [0.1, 0.15) is 22.3 Å². The molecule has 0 atom stereocenters. The van der Waals surface area contributed by atoms with E-state index in [1.165, 1.54) is 11.1 Å². The van der Waals surface area contributed by atoms with Gasteiger partial charge in [-0.15, -0.1) is 0 Å². The van der Waals surface area contributed by atoms with Crippen molar-refractivity contribution in [1.29, 1.82) is 0 Å². The molecule has 4 rings (SSSR count). The molecule has 0 aromatic heterocycles. The summed E-state index contributed by atoms with van der Waals surface area (Å²) >= 11 is 0. The van der Waals surface area contributed by atoms with E-state index in [1.54, 1.807) is 16.4 Å². The zero-order valence-corrected chi connectivity index (χ0v) is 16.8. The average Bonchev–Trinajstić information content (AvgIpc) is 3.12. The summed E-state index contributed by atoms with van der Waals surface area (Å²) in [6.07, 6.45) is 0.977. The first-order valence-corrected chi connectivity index (χ1v) is 10.9. The quantitative estimate of drug-likeness (QED) is 0.811. The maximum Gasteiger partial charge on any atom is 0.243 e. The Bertz CT molecular complexity index is 948. The molecule has 2 heterocycles. The normalized spacial score (nSPS) is 18.3. The lowest BCUT2D eigenvalue weighted by Crippen LogP contribution is -2.48. The number of ether oxygens (including phenoxy) is 1. The summed E-state index contributed by atoms with van der Waals surface area (Å²) in [5.74, 6) is 1.00. The topological polar surface area (TPSA) is 49.9 Å². The van der Waals surface area contributed by atoms with Crippen molar-refractivity contribution in [3.8, 4) is 5.75 Å². The number of benzene rings is 2. The summed E-state index contributed by atoms with van der Waals surface area (Å²) in [5, 5.41) is 0. The van der Waals surface area contributed by atoms with Crippen LogP contribution in [0.4, 0.5) is 0 Å². The van der Waals surface area contributed by atoms with Gasteiger partial charge in [-0.3, -0.25) is 4.90 Å². The molecule has 6 heteroatoms. The van der Waals surface area contributed by atoms with E-state index < -0.39 is 10.0 Å². The monoisotopic (exact) mass is 386 g/mol. The van der Waals surface area contributed by atoms with E-state index in [1.807, 2.05) is 19.9 Å². The molecule has 2 aromatic rings. The van der Waals surface area contributed by atoms with Crippen molar-refractivity contribution in [3.05, 3.63) is 58.7 Å². The van der Waals surface area contributed by atoms with Crippen LogP contribution < -0.4 is 4.74 Å². The Hall–Kier alpha value is -1.89. The van der Waals surface area contributed by atoms with Crippen molar-refractivity contribution in [3.63, 3.8) is 0 Å². The minimum Gasteiger partial charge on any atom is -0.493 e. The summed E-state index contributed by atoms with van der Waals surface area (Å²) in [6, 6.07) is 11.8. The highest BCUT2D eigenvalue weighted by Crippen LogP contribution is 2.27. The van der Waals surface area contributed by atoms with Gasteiger partial charge in [0.2, 0.25) is 10.0 Å². The van der Waals surface area contributed by atoms with Gasteiger partial charge in [0.15, 0.2) is 0 Å². The number of piperazine rings is 1. The Kier molecular flexibility index (Phi) is 4.97. The van der Waals surface area contributed by atoms with E-state index in [9.17, 15) is 8.42 Å². The molecular weight excluding hydrogens is 360 g/mol. The lowest BCUT2D eigenvalue weighted by atomic mass is 10.1. The largest absolute Gasteiger partial charge is 0.493 e. The number of sulfonamides is 1. The second-order valence-electron chi connectivity index (χ2n) is 7.47. The molecule has 0 radical (unpaired) electrons. The Labute approximate surface area is 161 Å². The third-order valence-electron chi connectivity index (χ3n) is 5.61. The average molecular weight is 387 g/mol. The van der Waals surface area contributed by atoms with Gasteiger partial charge >= 0.3 is 0 Å². The molecule has 0 aliphatic carbocycles. The smallest absolute Gasteiger partial charge is 0.243 e. The van der Waals surface area contributed by atoms with Crippen molar-refractivity contribution in [2.75, 3.05) is 32.8 Å². The first-order valence-electron chi connectivity index (χ1n) is 9.48. The van der Waals surface area contributed by atoms with Crippen molar-refractivity contribution < 1.29 is 13.2 Å². The molecule has 1 fully saturated rings. The van der Waals surface area contributed by atoms with Crippen molar-refractivity contribution >= 4 is 10.0 Å². The molecule has 0 amide bonds. The molecule has 5 nitrogen and oxygen atoms in total. The highest BCUT2D eigenvalue weighted by atomic mass is 32.2. The van der Waals surface area contributed by atoms with Crippen LogP contribution in [0.15, 0.2) is 41.3 Å². The summed E-state index contributed by atoms with van der Waals surface area (Å²) in [6.45, 7) is 8.13. The molecule has 0 saturated carbocycles. The molecule has 2 aliphatic rings. The Morgan fingerprint density at radius 3 is 2.48 bits per heavy atom. The van der Waals surface area contributed by atoms with Crippen LogP contribution >= 0.6 is 0 Å². The predicted molar refractivity (Wildman–Crippen MR) is 106 cm³/mol. The van der Waals surface area contributed by atoms with Gasteiger partial charge in [-0.25, -0.2) is 8.42 Å². The van der Waals surface area contributed by atoms with Crippen LogP contribution in [0.3, 0.4) is 0 Å². The molecule has 0 N–H and O–H groups in total. The molecule has 0 spiro atoms. The molecule has 144 valence electrons. The third-order valence-corrected chi connectivity index (χ3v) is 7.50. The number of hydrogen-bond donors (Lipinski definition) is 0. The number of fused-ring (bicyclic) bond motifs is 1. The number of hydrogen-bond acceptors (Lipinski definition) is 4. The maximum atomic E-state index is 12.9. The highest BCUT2D eigenvalue weighted by Gasteiger charge is 2.28. The van der Waals surface area contributed by atoms with Crippen molar-refractivity contribution in [2.45, 2.75) is 31.7 Å². The van der Waals surface area contributed by atoms with Gasteiger partial charge in [0.25, 0.3) is 0 Å². The van der Waals surface area contributed by atoms with Gasteiger partial charge < -0.3 is 4.74 Å². The fourth-order valence-corrected chi connectivity index (χ4v) is 5.26. The first-order chi connectivity index (χ1) is 12.9. The van der Waals surface area contributed by atoms with Gasteiger partial charge in [-0.05, 0) is 54.3 Å². The number of rotatable bonds is 4. The second kappa shape index (κ2) is 7.26. The lowest BCUT2D eigenvalue weighted by Gasteiger charge is -2.34. The van der Waals surface area contributed by atoms with Gasteiger partial charge in [-0.1, -0.05) is 18.2 Å². The fraction of sp³-hybridized carbons (Fsp3) is 0.429. The molecule has 27 heavy (non-hydrogen) atoms. The SMILES string of the molecule is Cc1ccc(S(=O)(=O)N2CCN(Cc3ccc4c(c3)CCO4)CC2)cc1C. The Balaban J connectivity index is 1.40. The molecule has 0 bridgehead atoms. The van der Waals surface area contributed by atoms with E-state index in [2.05, 4.69) is 23.1 Å². The van der Waals surface area contributed by atoms with Crippen LogP contribution in [0.2, 0.25) is 0 Å². The van der Waals surface area contributed by atoms with Crippen molar-refractivity contribution in [2.24, 2.45) is 0 Å². The van der Waals surface area contributed by atoms with Crippen LogP contribution in [-0.4, -0.2) is 50.4 Å². The molecule has 2 aliphatic heterocycles. The lowest BCUT2D eigenvalue weighted by molar-refractivity contribution is 0.181. The molecule has 2 aromatic carbocycles. The Morgan fingerprint density at radius 2 is 1.74 bits per heavy atom. The first kappa shape index (κ1) is 18.5. The van der Waals surface area contributed by atoms with E-state index in [4.69, 9.17) is 4.74 Å². The minimum absolute atomic E-state index is 0.401. The zero-order valence-electron chi connectivity index (χ0n) is 15.9. The Morgan fingerprint density at radius 1 is 0.963 bits per heavy atom. The van der Waals surface area contributed by atoms with Crippen molar-refractivity contribution in [1.82, 2.24) is 9.21 Å². The number of aryl methyl sites for hydroxylation is 2. The maximum absolute atomic E-state index is 12.9. The van der Waals surface area contributed by atoms with Gasteiger partial charge in [0, 0.05) is 39.1 Å². The summed E-state index contributed by atoms with van der Waals surface area (Å²) < 4.78 is 33.1. The van der Waals surface area contributed by atoms with Gasteiger partial charge in [-0.2, -0.15) is 4.31 Å². The zero-order chi connectivity index (χ0) is 19.0. The second-order valence-corrected chi connectivity index (χ2v) is 9.40. The van der Waals surface area contributed by atoms with E-state index >= 15 is 0 Å². The molecule has 1 saturated heterocycles. The highest BCUT2D eigenvalue weighted by molar-refractivity contribution is 7.89. The van der Waals surface area contributed by atoms with E-state index in [-0.39, 0.29) is 0 Å². The van der Waals surface area contributed by atoms with Crippen LogP contribution in [0, 0.1) is 13.8 Å². The van der Waals surface area contributed by atoms with Gasteiger partial charge in [0.05, 0.1) is 11.5 Å². The number of nitrogens with zero attached hydrogens (tertiary/aromatic N) is 2. The summed E-state index contributed by atoms with van der Waals surface area (Å²) in [4.78, 5) is 2.72. The summed E-state index contributed by atoms with van der Waals surface area (Å²) in [7, 11) is -3.42. The summed E-state index contributed by atoms with van der Waals surface area (Å²) in [5.41, 5.74) is 4.67. The van der Waals surface area contributed by atoms with E-state index in [0.29, 0.717) is 18.0 Å². The molecular formula is C21H26N2O3S. The standard InChI is InChI=1S/C21H26N2O3S/c1-16-3-5-20(13-17(16)2)27(24,25)23-10-8-22(9-11-23)15-18-4-6-21-19(14-18)7-12-26-21/h3-6,13-14H,7-12,15H2,1-2H3. The minimum atomic E-state index is -3.42. The van der Waals surface area contributed by atoms with Crippen LogP contribution in [0.25, 0.3) is 0 Å². The van der Waals surface area contributed by atoms with Crippen LogP contribution in [0.5, 0.6) is 5.75 Å². The van der Waals surface area contributed by atoms with Crippen LogP contribution in [-0.2, 0) is 23.0 Å².